The van der Waals surface area contributed by atoms with Crippen LogP contribution in [0.15, 0.2) is 16.8 Å². The van der Waals surface area contributed by atoms with Gasteiger partial charge in [0.2, 0.25) is 0 Å². The van der Waals surface area contributed by atoms with E-state index in [0.29, 0.717) is 12.1 Å². The molecule has 0 bridgehead atoms. The molecule has 2 rings (SSSR count). The molecule has 2 unspecified atom stereocenters. The van der Waals surface area contributed by atoms with Crippen LogP contribution in [0.25, 0.3) is 0 Å². The molecule has 90 valence electrons. The maximum absolute atomic E-state index is 5.71. The zero-order chi connectivity index (χ0) is 11.4. The lowest BCUT2D eigenvalue weighted by Gasteiger charge is -2.31. The minimum atomic E-state index is 0.333. The van der Waals surface area contributed by atoms with Crippen LogP contribution in [0.2, 0.25) is 0 Å². The predicted octanol–water partition coefficient (Wildman–Crippen LogP) is 1.73. The second-order valence-electron chi connectivity index (χ2n) is 4.37. The molecular formula is C12H20N2OS. The molecule has 1 N–H and O–H groups in total. The lowest BCUT2D eigenvalue weighted by Crippen LogP contribution is -2.44. The fraction of sp³-hybridized carbons (Fsp3) is 0.667. The molecule has 1 aliphatic rings. The molecule has 1 aromatic heterocycles. The van der Waals surface area contributed by atoms with Crippen molar-refractivity contribution in [2.24, 2.45) is 0 Å². The number of likely N-dealkylation sites (N-methyl/N-ethyl adjacent to an activating group) is 1. The van der Waals surface area contributed by atoms with Crippen molar-refractivity contribution in [3.05, 3.63) is 22.4 Å². The lowest BCUT2D eigenvalue weighted by atomic mass is 10.1. The molecule has 0 aromatic carbocycles. The summed E-state index contributed by atoms with van der Waals surface area (Å²) in [6.45, 7) is 6.04. The number of rotatable bonds is 4. The Morgan fingerprint density at radius 3 is 3.19 bits per heavy atom. The summed E-state index contributed by atoms with van der Waals surface area (Å²) in [5, 5.41) is 7.72. The molecular weight excluding hydrogens is 220 g/mol. The summed E-state index contributed by atoms with van der Waals surface area (Å²) in [6, 6.07) is 2.67. The Labute approximate surface area is 101 Å². The first-order valence-electron chi connectivity index (χ1n) is 5.82. The molecule has 3 nitrogen and oxygen atoms in total. The van der Waals surface area contributed by atoms with Gasteiger partial charge in [-0.05, 0) is 36.4 Å². The third kappa shape index (κ3) is 3.04. The van der Waals surface area contributed by atoms with Crippen molar-refractivity contribution < 1.29 is 4.74 Å². The second kappa shape index (κ2) is 5.77. The Morgan fingerprint density at radius 1 is 1.69 bits per heavy atom. The Balaban J connectivity index is 1.84. The Morgan fingerprint density at radius 2 is 2.56 bits per heavy atom. The third-order valence-electron chi connectivity index (χ3n) is 3.18. The highest BCUT2D eigenvalue weighted by atomic mass is 32.1. The largest absolute Gasteiger partial charge is 0.374 e. The van der Waals surface area contributed by atoms with Gasteiger partial charge in [-0.2, -0.15) is 11.3 Å². The number of nitrogens with one attached hydrogen (secondary N) is 1. The van der Waals surface area contributed by atoms with Crippen molar-refractivity contribution >= 4 is 11.3 Å². The monoisotopic (exact) mass is 240 g/mol. The van der Waals surface area contributed by atoms with Gasteiger partial charge < -0.3 is 10.1 Å². The topological polar surface area (TPSA) is 24.5 Å². The number of hydrogen-bond acceptors (Lipinski definition) is 4. The minimum absolute atomic E-state index is 0.333. The van der Waals surface area contributed by atoms with Crippen LogP contribution >= 0.6 is 11.3 Å². The van der Waals surface area contributed by atoms with E-state index in [2.05, 4.69) is 41.0 Å². The van der Waals surface area contributed by atoms with E-state index in [4.69, 9.17) is 4.74 Å². The average Bonchev–Trinajstić information content (AvgIpc) is 2.83. The van der Waals surface area contributed by atoms with E-state index in [9.17, 15) is 0 Å². The van der Waals surface area contributed by atoms with Crippen LogP contribution in [0.5, 0.6) is 0 Å². The third-order valence-corrected chi connectivity index (χ3v) is 3.88. The van der Waals surface area contributed by atoms with Crippen LogP contribution in [0.4, 0.5) is 0 Å². The Bertz CT molecular complexity index is 296. The van der Waals surface area contributed by atoms with Gasteiger partial charge in [0.05, 0.1) is 12.7 Å². The number of ether oxygens (including phenoxy) is 1. The predicted molar refractivity (Wildman–Crippen MR) is 68.0 cm³/mol. The van der Waals surface area contributed by atoms with Crippen molar-refractivity contribution in [3.8, 4) is 0 Å². The molecule has 16 heavy (non-hydrogen) atoms. The first-order chi connectivity index (χ1) is 7.77. The van der Waals surface area contributed by atoms with Crippen molar-refractivity contribution in [2.45, 2.75) is 19.1 Å². The molecule has 0 saturated carbocycles. The lowest BCUT2D eigenvalue weighted by molar-refractivity contribution is 0.00396. The summed E-state index contributed by atoms with van der Waals surface area (Å²) in [4.78, 5) is 2.36. The summed E-state index contributed by atoms with van der Waals surface area (Å²) in [6.07, 6.45) is 0.333. The zero-order valence-corrected chi connectivity index (χ0v) is 10.8. The molecule has 1 aromatic rings. The van der Waals surface area contributed by atoms with Crippen molar-refractivity contribution in [2.75, 3.05) is 33.3 Å². The first-order valence-corrected chi connectivity index (χ1v) is 6.76. The quantitative estimate of drug-likeness (QED) is 0.867. The number of hydrogen-bond donors (Lipinski definition) is 1. The summed E-state index contributed by atoms with van der Waals surface area (Å²) in [5.41, 5.74) is 1.40. The maximum Gasteiger partial charge on any atom is 0.0826 e. The molecule has 1 aliphatic heterocycles. The fourth-order valence-electron chi connectivity index (χ4n) is 1.98. The van der Waals surface area contributed by atoms with Crippen molar-refractivity contribution in [3.63, 3.8) is 0 Å². The van der Waals surface area contributed by atoms with Crippen LogP contribution in [0, 0.1) is 0 Å². The first kappa shape index (κ1) is 12.0. The maximum atomic E-state index is 5.71. The van der Waals surface area contributed by atoms with E-state index in [1.807, 2.05) is 0 Å². The minimum Gasteiger partial charge on any atom is -0.374 e. The van der Waals surface area contributed by atoms with Gasteiger partial charge in [0.1, 0.15) is 0 Å². The zero-order valence-electron chi connectivity index (χ0n) is 9.98. The molecule has 0 spiro atoms. The summed E-state index contributed by atoms with van der Waals surface area (Å²) < 4.78 is 5.71. The van der Waals surface area contributed by atoms with E-state index in [-0.39, 0.29) is 0 Å². The highest BCUT2D eigenvalue weighted by Crippen LogP contribution is 2.21. The van der Waals surface area contributed by atoms with Gasteiger partial charge in [-0.25, -0.2) is 0 Å². The van der Waals surface area contributed by atoms with Gasteiger partial charge >= 0.3 is 0 Å². The SMILES string of the molecule is CC(c1ccsc1)N(C)CC1CNCCO1. The van der Waals surface area contributed by atoms with E-state index >= 15 is 0 Å². The summed E-state index contributed by atoms with van der Waals surface area (Å²) in [7, 11) is 2.17. The Hall–Kier alpha value is -0.420. The molecule has 0 amide bonds. The van der Waals surface area contributed by atoms with Gasteiger partial charge in [0.15, 0.2) is 0 Å². The van der Waals surface area contributed by atoms with Crippen LogP contribution in [0.3, 0.4) is 0 Å². The van der Waals surface area contributed by atoms with Crippen LogP contribution in [0.1, 0.15) is 18.5 Å². The number of morpholine rings is 1. The van der Waals surface area contributed by atoms with Gasteiger partial charge in [0, 0.05) is 25.7 Å². The normalized spacial score (nSPS) is 23.6. The van der Waals surface area contributed by atoms with Crippen molar-refractivity contribution in [1.82, 2.24) is 10.2 Å². The molecule has 1 fully saturated rings. The highest BCUT2D eigenvalue weighted by Gasteiger charge is 2.19. The molecule has 0 radical (unpaired) electrons. The van der Waals surface area contributed by atoms with Gasteiger partial charge in [-0.1, -0.05) is 0 Å². The molecule has 2 atom stereocenters. The van der Waals surface area contributed by atoms with Gasteiger partial charge in [-0.3, -0.25) is 4.90 Å². The van der Waals surface area contributed by atoms with Gasteiger partial charge in [0.25, 0.3) is 0 Å². The number of thiophene rings is 1. The molecule has 1 saturated heterocycles. The smallest absolute Gasteiger partial charge is 0.0826 e. The standard InChI is InChI=1S/C12H20N2OS/c1-10(11-3-6-16-9-11)14(2)8-12-7-13-4-5-15-12/h3,6,9-10,12-13H,4-5,7-8H2,1-2H3. The van der Waals surface area contributed by atoms with E-state index in [0.717, 1.165) is 26.2 Å². The highest BCUT2D eigenvalue weighted by molar-refractivity contribution is 7.07. The second-order valence-corrected chi connectivity index (χ2v) is 5.15. The Kier molecular flexibility index (Phi) is 4.35. The van der Waals surface area contributed by atoms with E-state index in [1.54, 1.807) is 11.3 Å². The summed E-state index contributed by atoms with van der Waals surface area (Å²) >= 11 is 1.76. The van der Waals surface area contributed by atoms with Gasteiger partial charge in [-0.15, -0.1) is 0 Å². The van der Waals surface area contributed by atoms with E-state index < -0.39 is 0 Å². The fourth-order valence-corrected chi connectivity index (χ4v) is 2.73. The summed E-state index contributed by atoms with van der Waals surface area (Å²) in [5.74, 6) is 0. The average molecular weight is 240 g/mol. The van der Waals surface area contributed by atoms with Crippen LogP contribution in [-0.4, -0.2) is 44.3 Å². The van der Waals surface area contributed by atoms with E-state index in [1.165, 1.54) is 5.56 Å². The molecule has 2 heterocycles. The van der Waals surface area contributed by atoms with Crippen molar-refractivity contribution in [1.29, 1.82) is 0 Å². The number of nitrogens with zero attached hydrogens (tertiary/aromatic N) is 1. The van der Waals surface area contributed by atoms with Crippen LogP contribution < -0.4 is 5.32 Å². The molecule has 4 heteroatoms. The molecule has 0 aliphatic carbocycles. The van der Waals surface area contributed by atoms with Crippen LogP contribution in [-0.2, 0) is 4.74 Å².